The smallest absolute Gasteiger partial charge is 0.345 e. The first-order valence-corrected chi connectivity index (χ1v) is 6.20. The molecule has 0 aliphatic carbocycles. The molecule has 1 unspecified atom stereocenters. The van der Waals surface area contributed by atoms with Crippen LogP contribution in [0.5, 0.6) is 0 Å². The summed E-state index contributed by atoms with van der Waals surface area (Å²) in [5.74, 6) is -1.69. The molecule has 0 radical (unpaired) electrons. The normalized spacial score (nSPS) is 21.8. The van der Waals surface area contributed by atoms with Crippen molar-refractivity contribution in [1.29, 1.82) is 0 Å². The van der Waals surface area contributed by atoms with Gasteiger partial charge in [0.05, 0.1) is 6.61 Å². The zero-order valence-electron chi connectivity index (χ0n) is 9.17. The molecule has 0 aromatic carbocycles. The zero-order valence-corrected chi connectivity index (χ0v) is 9.99. The van der Waals surface area contributed by atoms with Gasteiger partial charge in [0, 0.05) is 12.0 Å². The number of ether oxygens (including phenoxy) is 2. The Morgan fingerprint density at radius 3 is 2.59 bits per heavy atom. The average Bonchev–Trinajstić information content (AvgIpc) is 2.54. The Morgan fingerprint density at radius 1 is 1.47 bits per heavy atom. The molecule has 1 aliphatic heterocycles. The summed E-state index contributed by atoms with van der Waals surface area (Å²) in [6.07, 6.45) is 0.0719. The number of rotatable bonds is 4. The van der Waals surface area contributed by atoms with Crippen LogP contribution in [0.2, 0.25) is 0 Å². The highest BCUT2D eigenvalue weighted by Crippen LogP contribution is 2.18. The van der Waals surface area contributed by atoms with E-state index in [0.29, 0.717) is 0 Å². The molecule has 17 heavy (non-hydrogen) atoms. The maximum absolute atomic E-state index is 11.2. The summed E-state index contributed by atoms with van der Waals surface area (Å²) in [5.41, 5.74) is -1.19. The van der Waals surface area contributed by atoms with E-state index in [-0.39, 0.29) is 18.6 Å². The topological polar surface area (TPSA) is 96.0 Å². The molecule has 7 nitrogen and oxygen atoms in total. The van der Waals surface area contributed by atoms with E-state index in [4.69, 9.17) is 0 Å². The maximum atomic E-state index is 11.2. The van der Waals surface area contributed by atoms with Crippen molar-refractivity contribution in [2.24, 2.45) is 0 Å². The first-order valence-electron chi connectivity index (χ1n) is 4.73. The fraction of sp³-hybridized carbons (Fsp3) is 0.556. The summed E-state index contributed by atoms with van der Waals surface area (Å²) < 4.78 is 35.7. The Balaban J connectivity index is 2.40. The van der Waals surface area contributed by atoms with Crippen LogP contribution in [-0.2, 0) is 33.4 Å². The van der Waals surface area contributed by atoms with Crippen LogP contribution in [0.4, 0.5) is 0 Å². The van der Waals surface area contributed by atoms with Crippen LogP contribution in [0.15, 0.2) is 12.2 Å². The highest BCUT2D eigenvalue weighted by Gasteiger charge is 2.36. The third-order valence-electron chi connectivity index (χ3n) is 1.86. The lowest BCUT2D eigenvalue weighted by Gasteiger charge is -2.09. The third kappa shape index (κ3) is 3.82. The van der Waals surface area contributed by atoms with E-state index >= 15 is 0 Å². The molecule has 1 aliphatic rings. The number of hydrogen-bond donors (Lipinski definition) is 0. The zero-order chi connectivity index (χ0) is 13.1. The summed E-state index contributed by atoms with van der Waals surface area (Å²) in [6, 6.07) is 0. The summed E-state index contributed by atoms with van der Waals surface area (Å²) in [6.45, 7) is 4.06. The third-order valence-corrected chi connectivity index (χ3v) is 3.33. The maximum Gasteiger partial charge on any atom is 0.345 e. The summed E-state index contributed by atoms with van der Waals surface area (Å²) >= 11 is 0. The Hall–Kier alpha value is -1.41. The van der Waals surface area contributed by atoms with Crippen LogP contribution in [-0.4, -0.2) is 39.0 Å². The van der Waals surface area contributed by atoms with Gasteiger partial charge in [0.15, 0.2) is 6.61 Å². The second-order valence-corrected chi connectivity index (χ2v) is 5.13. The standard InChI is InChI=1S/C9H12O7S/c1-6(2)9(11)14-5-7(10)16-8-3-4-15-17(8,12)13/h8H,1,3-5H2,2H3. The number of hydrogen-bond acceptors (Lipinski definition) is 7. The largest absolute Gasteiger partial charge is 0.450 e. The van der Waals surface area contributed by atoms with Crippen molar-refractivity contribution in [1.82, 2.24) is 0 Å². The fourth-order valence-corrected chi connectivity index (χ4v) is 2.12. The van der Waals surface area contributed by atoms with E-state index in [1.807, 2.05) is 0 Å². The number of carbonyl (C=O) groups is 2. The summed E-state index contributed by atoms with van der Waals surface area (Å²) in [5, 5.41) is 0. The van der Waals surface area contributed by atoms with Crippen LogP contribution < -0.4 is 0 Å². The molecule has 0 N–H and O–H groups in total. The average molecular weight is 264 g/mol. The molecular formula is C9H12O7S. The van der Waals surface area contributed by atoms with Crippen LogP contribution in [0.1, 0.15) is 13.3 Å². The Morgan fingerprint density at radius 2 is 2.12 bits per heavy atom. The van der Waals surface area contributed by atoms with Crippen molar-refractivity contribution in [2.75, 3.05) is 13.2 Å². The van der Waals surface area contributed by atoms with Gasteiger partial charge in [-0.3, -0.25) is 4.18 Å². The molecule has 1 rings (SSSR count). The van der Waals surface area contributed by atoms with E-state index in [1.165, 1.54) is 6.92 Å². The highest BCUT2D eigenvalue weighted by atomic mass is 32.2. The molecule has 0 spiro atoms. The Kier molecular flexibility index (Phi) is 4.24. The van der Waals surface area contributed by atoms with Crippen LogP contribution in [0.25, 0.3) is 0 Å². The lowest BCUT2D eigenvalue weighted by molar-refractivity contribution is -0.157. The van der Waals surface area contributed by atoms with Gasteiger partial charge < -0.3 is 9.47 Å². The summed E-state index contributed by atoms with van der Waals surface area (Å²) in [4.78, 5) is 22.1. The molecule has 8 heteroatoms. The molecule has 0 saturated carbocycles. The SMILES string of the molecule is C=C(C)C(=O)OCC(=O)OC1CCOS1(=O)=O. The molecule has 0 aromatic rings. The lowest BCUT2D eigenvalue weighted by Crippen LogP contribution is -2.26. The predicted molar refractivity (Wildman–Crippen MR) is 55.1 cm³/mol. The minimum atomic E-state index is -3.84. The van der Waals surface area contributed by atoms with Gasteiger partial charge in [-0.25, -0.2) is 9.59 Å². The Bertz CT molecular complexity index is 436. The molecule has 0 bridgehead atoms. The molecule has 1 saturated heterocycles. The molecule has 96 valence electrons. The summed E-state index contributed by atoms with van der Waals surface area (Å²) in [7, 11) is -3.84. The van der Waals surface area contributed by atoms with E-state index < -0.39 is 34.1 Å². The molecule has 1 fully saturated rings. The van der Waals surface area contributed by atoms with Crippen molar-refractivity contribution < 1.29 is 31.7 Å². The van der Waals surface area contributed by atoms with E-state index in [0.717, 1.165) is 0 Å². The van der Waals surface area contributed by atoms with Crippen molar-refractivity contribution in [3.05, 3.63) is 12.2 Å². The molecule has 1 heterocycles. The fourth-order valence-electron chi connectivity index (χ4n) is 1.03. The van der Waals surface area contributed by atoms with Gasteiger partial charge in [0.2, 0.25) is 5.44 Å². The minimum Gasteiger partial charge on any atom is -0.450 e. The van der Waals surface area contributed by atoms with Gasteiger partial charge in [-0.05, 0) is 6.92 Å². The first kappa shape index (κ1) is 13.7. The lowest BCUT2D eigenvalue weighted by atomic mass is 10.4. The Labute approximate surface area is 98.5 Å². The van der Waals surface area contributed by atoms with Gasteiger partial charge in [-0.2, -0.15) is 8.42 Å². The first-order chi connectivity index (χ1) is 7.83. The minimum absolute atomic E-state index is 0.0220. The van der Waals surface area contributed by atoms with Gasteiger partial charge in [0.25, 0.3) is 0 Å². The highest BCUT2D eigenvalue weighted by molar-refractivity contribution is 7.87. The predicted octanol–water partition coefficient (Wildman–Crippen LogP) is -0.275. The van der Waals surface area contributed by atoms with Gasteiger partial charge in [-0.15, -0.1) is 0 Å². The molecular weight excluding hydrogens is 252 g/mol. The van der Waals surface area contributed by atoms with E-state index in [9.17, 15) is 18.0 Å². The number of carbonyl (C=O) groups excluding carboxylic acids is 2. The molecule has 0 aromatic heterocycles. The van der Waals surface area contributed by atoms with E-state index in [1.54, 1.807) is 0 Å². The number of esters is 2. The monoisotopic (exact) mass is 264 g/mol. The molecule has 0 amide bonds. The van der Waals surface area contributed by atoms with Crippen molar-refractivity contribution in [3.63, 3.8) is 0 Å². The van der Waals surface area contributed by atoms with Crippen LogP contribution >= 0.6 is 0 Å². The van der Waals surface area contributed by atoms with Crippen molar-refractivity contribution in [2.45, 2.75) is 18.8 Å². The molecule has 1 atom stereocenters. The van der Waals surface area contributed by atoms with Gasteiger partial charge >= 0.3 is 22.1 Å². The van der Waals surface area contributed by atoms with Crippen molar-refractivity contribution >= 4 is 22.1 Å². The second kappa shape index (κ2) is 5.28. The van der Waals surface area contributed by atoms with E-state index in [2.05, 4.69) is 20.2 Å². The quantitative estimate of drug-likeness (QED) is 0.391. The van der Waals surface area contributed by atoms with Crippen LogP contribution in [0, 0.1) is 0 Å². The van der Waals surface area contributed by atoms with Crippen molar-refractivity contribution in [3.8, 4) is 0 Å². The van der Waals surface area contributed by atoms with Gasteiger partial charge in [0.1, 0.15) is 0 Å². The second-order valence-electron chi connectivity index (χ2n) is 3.38. The van der Waals surface area contributed by atoms with Gasteiger partial charge in [-0.1, -0.05) is 6.58 Å². The van der Waals surface area contributed by atoms with Crippen LogP contribution in [0.3, 0.4) is 0 Å².